The lowest BCUT2D eigenvalue weighted by Gasteiger charge is -2.32. The predicted octanol–water partition coefficient (Wildman–Crippen LogP) is 2.91. The van der Waals surface area contributed by atoms with E-state index in [-0.39, 0.29) is 11.7 Å². The van der Waals surface area contributed by atoms with E-state index in [0.29, 0.717) is 23.3 Å². The van der Waals surface area contributed by atoms with Crippen LogP contribution in [0.4, 0.5) is 11.5 Å². The summed E-state index contributed by atoms with van der Waals surface area (Å²) in [5, 5.41) is 5.20. The SMILES string of the molecule is CC1(C)Oc2ncnc(N)c2N=C1c1ccc([C@H]2CC[C@H](CS(N)(=O)=O)CC2)cc1. The van der Waals surface area contributed by atoms with Crippen molar-refractivity contribution in [1.29, 1.82) is 0 Å². The molecule has 1 aromatic heterocycles. The molecule has 0 unspecified atom stereocenters. The molecule has 2 heterocycles. The smallest absolute Gasteiger partial charge is 0.246 e. The molecule has 2 aliphatic rings. The molecular formula is C21H27N5O3S. The summed E-state index contributed by atoms with van der Waals surface area (Å²) in [5.74, 6) is 1.36. The number of nitrogen functional groups attached to an aromatic ring is 1. The molecule has 9 heteroatoms. The first-order valence-corrected chi connectivity index (χ1v) is 11.8. The van der Waals surface area contributed by atoms with E-state index in [9.17, 15) is 8.42 Å². The van der Waals surface area contributed by atoms with Crippen molar-refractivity contribution in [2.24, 2.45) is 16.0 Å². The van der Waals surface area contributed by atoms with Gasteiger partial charge in [0.1, 0.15) is 11.9 Å². The highest BCUT2D eigenvalue weighted by Crippen LogP contribution is 2.40. The number of rotatable bonds is 4. The molecule has 0 radical (unpaired) electrons. The molecule has 1 saturated carbocycles. The van der Waals surface area contributed by atoms with Gasteiger partial charge < -0.3 is 10.5 Å². The maximum absolute atomic E-state index is 11.3. The molecule has 0 saturated heterocycles. The van der Waals surface area contributed by atoms with Crippen LogP contribution < -0.4 is 15.6 Å². The molecule has 1 aromatic carbocycles. The number of ether oxygens (including phenoxy) is 1. The summed E-state index contributed by atoms with van der Waals surface area (Å²) in [5.41, 5.74) is 8.76. The van der Waals surface area contributed by atoms with Gasteiger partial charge in [0.2, 0.25) is 15.9 Å². The number of aromatic nitrogens is 2. The van der Waals surface area contributed by atoms with Gasteiger partial charge in [0.25, 0.3) is 0 Å². The quantitative estimate of drug-likeness (QED) is 0.767. The van der Waals surface area contributed by atoms with Crippen molar-refractivity contribution in [2.75, 3.05) is 11.5 Å². The number of hydrogen-bond acceptors (Lipinski definition) is 7. The highest BCUT2D eigenvalue weighted by atomic mass is 32.2. The summed E-state index contributed by atoms with van der Waals surface area (Å²) in [7, 11) is -3.40. The van der Waals surface area contributed by atoms with E-state index < -0.39 is 15.6 Å². The Bertz CT molecular complexity index is 1070. The second-order valence-electron chi connectivity index (χ2n) is 8.65. The minimum absolute atomic E-state index is 0.0852. The first-order valence-electron chi connectivity index (χ1n) is 10.1. The van der Waals surface area contributed by atoms with Gasteiger partial charge in [-0.2, -0.15) is 4.98 Å². The molecule has 4 N–H and O–H groups in total. The number of aliphatic imine (C=N–C) groups is 1. The topological polar surface area (TPSA) is 134 Å². The van der Waals surface area contributed by atoms with Crippen LogP contribution in [0.1, 0.15) is 56.6 Å². The van der Waals surface area contributed by atoms with Gasteiger partial charge in [-0.3, -0.25) is 0 Å². The Labute approximate surface area is 176 Å². The Morgan fingerprint density at radius 3 is 2.40 bits per heavy atom. The summed E-state index contributed by atoms with van der Waals surface area (Å²) in [4.78, 5) is 12.9. The number of nitrogens with two attached hydrogens (primary N) is 2. The van der Waals surface area contributed by atoms with Gasteiger partial charge in [-0.25, -0.2) is 23.5 Å². The van der Waals surface area contributed by atoms with Crippen molar-refractivity contribution in [3.63, 3.8) is 0 Å². The molecular weight excluding hydrogens is 402 g/mol. The lowest BCUT2D eigenvalue weighted by molar-refractivity contribution is 0.171. The zero-order chi connectivity index (χ0) is 21.5. The summed E-state index contributed by atoms with van der Waals surface area (Å²) < 4.78 is 28.7. The van der Waals surface area contributed by atoms with Gasteiger partial charge in [0.15, 0.2) is 11.5 Å². The normalized spacial score (nSPS) is 23.2. The Morgan fingerprint density at radius 1 is 1.10 bits per heavy atom. The molecule has 0 atom stereocenters. The summed E-state index contributed by atoms with van der Waals surface area (Å²) in [6.45, 7) is 3.90. The van der Waals surface area contributed by atoms with Crippen LogP contribution in [0.25, 0.3) is 0 Å². The Morgan fingerprint density at radius 2 is 1.77 bits per heavy atom. The third kappa shape index (κ3) is 4.32. The first-order chi connectivity index (χ1) is 14.1. The average Bonchev–Trinajstić information content (AvgIpc) is 2.67. The van der Waals surface area contributed by atoms with Gasteiger partial charge >= 0.3 is 0 Å². The summed E-state index contributed by atoms with van der Waals surface area (Å²) in [6, 6.07) is 8.36. The molecule has 0 bridgehead atoms. The fraction of sp³-hybridized carbons (Fsp3) is 0.476. The number of benzene rings is 1. The number of primary sulfonamides is 1. The Kier molecular flexibility index (Phi) is 5.27. The van der Waals surface area contributed by atoms with Crippen LogP contribution in [0.5, 0.6) is 5.88 Å². The molecule has 1 aliphatic carbocycles. The molecule has 0 amide bonds. The van der Waals surface area contributed by atoms with E-state index in [1.54, 1.807) is 0 Å². The summed E-state index contributed by atoms with van der Waals surface area (Å²) in [6.07, 6.45) is 5.07. The molecule has 30 heavy (non-hydrogen) atoms. The average molecular weight is 430 g/mol. The Balaban J connectivity index is 1.52. The number of anilines is 1. The standard InChI is InChI=1S/C21H27N5O3S/c1-21(2)18(26-17-19(22)24-12-25-20(17)29-21)16-9-7-15(8-10-16)14-5-3-13(4-6-14)11-30(23,27)28/h7-10,12-14H,3-6,11H2,1-2H3,(H2,22,24,25)(H2,23,27,28)/t13-,14-. The van der Waals surface area contributed by atoms with Gasteiger partial charge in [-0.15, -0.1) is 0 Å². The van der Waals surface area contributed by atoms with Crippen molar-refractivity contribution in [3.8, 4) is 5.88 Å². The highest BCUT2D eigenvalue weighted by Gasteiger charge is 2.35. The third-order valence-corrected chi connectivity index (χ3v) is 6.87. The molecule has 4 rings (SSSR count). The maximum atomic E-state index is 11.3. The second-order valence-corrected chi connectivity index (χ2v) is 10.3. The van der Waals surface area contributed by atoms with Crippen molar-refractivity contribution >= 4 is 27.2 Å². The minimum atomic E-state index is -3.40. The van der Waals surface area contributed by atoms with Crippen molar-refractivity contribution < 1.29 is 13.2 Å². The first kappa shape index (κ1) is 20.7. The molecule has 2 aromatic rings. The molecule has 8 nitrogen and oxygen atoms in total. The molecule has 1 aliphatic heterocycles. The van der Waals surface area contributed by atoms with Gasteiger partial charge in [-0.05, 0) is 56.9 Å². The van der Waals surface area contributed by atoms with E-state index >= 15 is 0 Å². The lowest BCUT2D eigenvalue weighted by Crippen LogP contribution is -2.41. The van der Waals surface area contributed by atoms with Gasteiger partial charge in [0.05, 0.1) is 11.5 Å². The number of hydrogen-bond donors (Lipinski definition) is 2. The van der Waals surface area contributed by atoms with E-state index in [0.717, 1.165) is 37.0 Å². The van der Waals surface area contributed by atoms with E-state index in [4.69, 9.17) is 20.6 Å². The fourth-order valence-corrected chi connectivity index (χ4v) is 5.40. The van der Waals surface area contributed by atoms with Crippen LogP contribution in [-0.2, 0) is 10.0 Å². The number of nitrogens with zero attached hydrogens (tertiary/aromatic N) is 3. The third-order valence-electron chi connectivity index (χ3n) is 5.93. The van der Waals surface area contributed by atoms with Gasteiger partial charge in [-0.1, -0.05) is 24.3 Å². The molecule has 0 spiro atoms. The van der Waals surface area contributed by atoms with E-state index in [1.807, 2.05) is 13.8 Å². The number of fused-ring (bicyclic) bond motifs is 1. The Hall–Kier alpha value is -2.52. The molecule has 160 valence electrons. The maximum Gasteiger partial charge on any atom is 0.246 e. The largest absolute Gasteiger partial charge is 0.463 e. The fourth-order valence-electron chi connectivity index (χ4n) is 4.41. The van der Waals surface area contributed by atoms with Crippen molar-refractivity contribution in [2.45, 2.75) is 51.0 Å². The minimum Gasteiger partial charge on any atom is -0.463 e. The second kappa shape index (κ2) is 7.63. The van der Waals surface area contributed by atoms with Crippen LogP contribution in [0.15, 0.2) is 35.6 Å². The monoisotopic (exact) mass is 429 g/mol. The van der Waals surface area contributed by atoms with Gasteiger partial charge in [0, 0.05) is 5.56 Å². The van der Waals surface area contributed by atoms with Crippen LogP contribution >= 0.6 is 0 Å². The van der Waals surface area contributed by atoms with E-state index in [1.165, 1.54) is 11.9 Å². The van der Waals surface area contributed by atoms with Crippen molar-refractivity contribution in [3.05, 3.63) is 41.7 Å². The molecule has 1 fully saturated rings. The number of sulfonamides is 1. The van der Waals surface area contributed by atoms with E-state index in [2.05, 4.69) is 34.2 Å². The zero-order valence-corrected chi connectivity index (χ0v) is 18.0. The van der Waals surface area contributed by atoms with Crippen LogP contribution in [0, 0.1) is 5.92 Å². The van der Waals surface area contributed by atoms with Crippen LogP contribution in [-0.4, -0.2) is 35.5 Å². The zero-order valence-electron chi connectivity index (χ0n) is 17.2. The highest BCUT2D eigenvalue weighted by molar-refractivity contribution is 7.89. The van der Waals surface area contributed by atoms with Crippen molar-refractivity contribution in [1.82, 2.24) is 9.97 Å². The summed E-state index contributed by atoms with van der Waals surface area (Å²) >= 11 is 0. The lowest BCUT2D eigenvalue weighted by atomic mass is 9.79. The predicted molar refractivity (Wildman–Crippen MR) is 116 cm³/mol. The van der Waals surface area contributed by atoms with Crippen LogP contribution in [0.2, 0.25) is 0 Å². The van der Waals surface area contributed by atoms with Crippen LogP contribution in [0.3, 0.4) is 0 Å².